The number of furan rings is 1. The van der Waals surface area contributed by atoms with Crippen LogP contribution in [0.5, 0.6) is 0 Å². The highest BCUT2D eigenvalue weighted by molar-refractivity contribution is 14.0. The van der Waals surface area contributed by atoms with Crippen molar-refractivity contribution in [2.24, 2.45) is 4.99 Å². The van der Waals surface area contributed by atoms with Gasteiger partial charge in [0.15, 0.2) is 5.96 Å². The molecule has 144 valence electrons. The molecule has 1 atom stereocenters. The molecule has 3 N–H and O–H groups in total. The second-order valence-electron chi connectivity index (χ2n) is 6.29. The van der Waals surface area contributed by atoms with Crippen LogP contribution in [-0.4, -0.2) is 47.2 Å². The zero-order valence-electron chi connectivity index (χ0n) is 15.3. The molecule has 2 aromatic heterocycles. The summed E-state index contributed by atoms with van der Waals surface area (Å²) in [7, 11) is 0. The minimum Gasteiger partial charge on any atom is -0.468 e. The fourth-order valence-electron chi connectivity index (χ4n) is 3.19. The Morgan fingerprint density at radius 1 is 1.31 bits per heavy atom. The summed E-state index contributed by atoms with van der Waals surface area (Å²) in [5.41, 5.74) is 0.996. The van der Waals surface area contributed by atoms with Gasteiger partial charge >= 0.3 is 0 Å². The Labute approximate surface area is 172 Å². The van der Waals surface area contributed by atoms with Gasteiger partial charge < -0.3 is 15.1 Å². The van der Waals surface area contributed by atoms with E-state index in [2.05, 4.69) is 43.7 Å². The third-order valence-corrected chi connectivity index (χ3v) is 4.48. The number of aliphatic imine (C=N–C) groups is 1. The van der Waals surface area contributed by atoms with E-state index < -0.39 is 0 Å². The summed E-state index contributed by atoms with van der Waals surface area (Å²) in [4.78, 5) is 7.14. The summed E-state index contributed by atoms with van der Waals surface area (Å²) in [6.45, 7) is 6.47. The molecule has 3 heterocycles. The van der Waals surface area contributed by atoms with Gasteiger partial charge in [-0.25, -0.2) is 4.99 Å². The van der Waals surface area contributed by atoms with Gasteiger partial charge in [-0.15, -0.1) is 24.0 Å². The second kappa shape index (κ2) is 11.2. The number of likely N-dealkylation sites (tertiary alicyclic amines) is 1. The number of nitrogens with zero attached hydrogens (tertiary/aromatic N) is 3. The maximum Gasteiger partial charge on any atom is 0.191 e. The highest BCUT2D eigenvalue weighted by atomic mass is 127. The Bertz CT molecular complexity index is 622. The molecule has 2 aromatic rings. The predicted octanol–water partition coefficient (Wildman–Crippen LogP) is 2.90. The van der Waals surface area contributed by atoms with Gasteiger partial charge in [-0.2, -0.15) is 5.10 Å². The van der Waals surface area contributed by atoms with E-state index in [4.69, 9.17) is 4.42 Å². The molecule has 0 aromatic carbocycles. The van der Waals surface area contributed by atoms with E-state index in [1.807, 2.05) is 12.1 Å². The third kappa shape index (κ3) is 6.01. The number of aromatic amines is 1. The lowest BCUT2D eigenvalue weighted by Gasteiger charge is -2.33. The maximum atomic E-state index is 5.70. The van der Waals surface area contributed by atoms with E-state index in [1.54, 1.807) is 12.5 Å². The molecule has 1 aliphatic heterocycles. The van der Waals surface area contributed by atoms with Crippen LogP contribution >= 0.6 is 24.0 Å². The quantitative estimate of drug-likeness (QED) is 0.328. The molecule has 0 bridgehead atoms. The zero-order valence-corrected chi connectivity index (χ0v) is 17.6. The first-order valence-corrected chi connectivity index (χ1v) is 9.14. The SMILES string of the molecule is CCNC(=NCc1ccn[nH]1)NCC(c1ccco1)N1CCCCC1.I. The smallest absolute Gasteiger partial charge is 0.191 e. The fraction of sp³-hybridized carbons (Fsp3) is 0.556. The van der Waals surface area contributed by atoms with Crippen molar-refractivity contribution in [2.75, 3.05) is 26.2 Å². The van der Waals surface area contributed by atoms with Gasteiger partial charge in [0, 0.05) is 19.3 Å². The van der Waals surface area contributed by atoms with E-state index >= 15 is 0 Å². The Balaban J connectivity index is 0.00000243. The number of aromatic nitrogens is 2. The minimum atomic E-state index is 0. The Hall–Kier alpha value is -1.55. The van der Waals surface area contributed by atoms with Crippen LogP contribution in [0.25, 0.3) is 0 Å². The first-order chi connectivity index (χ1) is 12.4. The Morgan fingerprint density at radius 3 is 2.81 bits per heavy atom. The van der Waals surface area contributed by atoms with Crippen molar-refractivity contribution in [3.63, 3.8) is 0 Å². The Morgan fingerprint density at radius 2 is 2.15 bits per heavy atom. The van der Waals surface area contributed by atoms with Gasteiger partial charge in [-0.3, -0.25) is 10.00 Å². The van der Waals surface area contributed by atoms with Gasteiger partial charge in [0.1, 0.15) is 5.76 Å². The van der Waals surface area contributed by atoms with E-state index in [1.165, 1.54) is 19.3 Å². The van der Waals surface area contributed by atoms with Crippen LogP contribution in [0.2, 0.25) is 0 Å². The van der Waals surface area contributed by atoms with Gasteiger partial charge in [0.25, 0.3) is 0 Å². The molecule has 7 nitrogen and oxygen atoms in total. The van der Waals surface area contributed by atoms with Crippen molar-refractivity contribution < 1.29 is 4.42 Å². The second-order valence-corrected chi connectivity index (χ2v) is 6.29. The Kier molecular flexibility index (Phi) is 8.96. The van der Waals surface area contributed by atoms with Crippen molar-refractivity contribution in [1.82, 2.24) is 25.7 Å². The van der Waals surface area contributed by atoms with Gasteiger partial charge in [0.2, 0.25) is 0 Å². The molecular weight excluding hydrogens is 443 g/mol. The van der Waals surface area contributed by atoms with Crippen molar-refractivity contribution >= 4 is 29.9 Å². The molecule has 3 rings (SSSR count). The van der Waals surface area contributed by atoms with E-state index in [9.17, 15) is 0 Å². The van der Waals surface area contributed by atoms with E-state index in [0.717, 1.165) is 43.6 Å². The summed E-state index contributed by atoms with van der Waals surface area (Å²) in [5.74, 6) is 1.82. The molecule has 1 unspecified atom stereocenters. The van der Waals surface area contributed by atoms with Crippen LogP contribution in [0.3, 0.4) is 0 Å². The summed E-state index contributed by atoms with van der Waals surface area (Å²) in [5, 5.41) is 13.7. The number of hydrogen-bond acceptors (Lipinski definition) is 4. The maximum absolute atomic E-state index is 5.70. The molecule has 0 aliphatic carbocycles. The molecule has 1 aliphatic rings. The summed E-state index contributed by atoms with van der Waals surface area (Å²) < 4.78 is 5.70. The van der Waals surface area contributed by atoms with Crippen molar-refractivity contribution in [2.45, 2.75) is 38.8 Å². The van der Waals surface area contributed by atoms with Gasteiger partial charge in [-0.05, 0) is 51.1 Å². The summed E-state index contributed by atoms with van der Waals surface area (Å²) in [6, 6.07) is 6.19. The third-order valence-electron chi connectivity index (χ3n) is 4.48. The van der Waals surface area contributed by atoms with E-state index in [0.29, 0.717) is 6.54 Å². The van der Waals surface area contributed by atoms with Crippen LogP contribution in [-0.2, 0) is 6.54 Å². The lowest BCUT2D eigenvalue weighted by Crippen LogP contribution is -2.44. The normalized spacial score (nSPS) is 16.7. The molecule has 0 spiro atoms. The van der Waals surface area contributed by atoms with Crippen LogP contribution in [0.1, 0.15) is 43.7 Å². The molecule has 0 amide bonds. The van der Waals surface area contributed by atoms with Crippen molar-refractivity contribution in [3.05, 3.63) is 42.1 Å². The van der Waals surface area contributed by atoms with Crippen molar-refractivity contribution in [1.29, 1.82) is 0 Å². The van der Waals surface area contributed by atoms with Gasteiger partial charge in [0.05, 0.1) is 24.5 Å². The first-order valence-electron chi connectivity index (χ1n) is 9.14. The average molecular weight is 472 g/mol. The summed E-state index contributed by atoms with van der Waals surface area (Å²) in [6.07, 6.45) is 7.33. The zero-order chi connectivity index (χ0) is 17.3. The number of piperidine rings is 1. The topological polar surface area (TPSA) is 81.5 Å². The number of guanidine groups is 1. The van der Waals surface area contributed by atoms with Crippen LogP contribution in [0.15, 0.2) is 40.1 Å². The predicted molar refractivity (Wildman–Crippen MR) is 114 cm³/mol. The standard InChI is InChI=1S/C18H28N6O.HI/c1-2-19-18(20-13-15-8-9-22-23-15)21-14-16(17-7-6-12-25-17)24-10-4-3-5-11-24;/h6-9,12,16H,2-5,10-11,13-14H2,1H3,(H,22,23)(H2,19,20,21);1H. The molecule has 0 saturated carbocycles. The largest absolute Gasteiger partial charge is 0.468 e. The number of rotatable bonds is 7. The lowest BCUT2D eigenvalue weighted by molar-refractivity contribution is 0.146. The average Bonchev–Trinajstić information content (AvgIpc) is 3.35. The number of H-pyrrole nitrogens is 1. The molecule has 1 fully saturated rings. The van der Waals surface area contributed by atoms with Crippen LogP contribution < -0.4 is 10.6 Å². The number of nitrogens with one attached hydrogen (secondary N) is 3. The van der Waals surface area contributed by atoms with Crippen molar-refractivity contribution in [3.8, 4) is 0 Å². The molecule has 1 saturated heterocycles. The lowest BCUT2D eigenvalue weighted by atomic mass is 10.1. The molecular formula is C18H29IN6O. The highest BCUT2D eigenvalue weighted by Gasteiger charge is 2.24. The van der Waals surface area contributed by atoms with Crippen LogP contribution in [0, 0.1) is 0 Å². The first kappa shape index (κ1) is 20.8. The molecule has 26 heavy (non-hydrogen) atoms. The molecule has 0 radical (unpaired) electrons. The highest BCUT2D eigenvalue weighted by Crippen LogP contribution is 2.24. The monoisotopic (exact) mass is 472 g/mol. The van der Waals surface area contributed by atoms with Gasteiger partial charge in [-0.1, -0.05) is 6.42 Å². The minimum absolute atomic E-state index is 0. The van der Waals surface area contributed by atoms with Crippen LogP contribution in [0.4, 0.5) is 0 Å². The number of hydrogen-bond donors (Lipinski definition) is 3. The molecule has 8 heteroatoms. The van der Waals surface area contributed by atoms with E-state index in [-0.39, 0.29) is 30.0 Å². The summed E-state index contributed by atoms with van der Waals surface area (Å²) >= 11 is 0. The number of halogens is 1. The fourth-order valence-corrected chi connectivity index (χ4v) is 3.19.